The highest BCUT2D eigenvalue weighted by Gasteiger charge is 2.58. The molecular formula is C34H52O4. The molecule has 1 heterocycles. The average Bonchev–Trinajstić information content (AvgIpc) is 3.28. The zero-order valence-corrected chi connectivity index (χ0v) is 24.3. The average molecular weight is 525 g/mol. The minimum atomic E-state index is -0.108. The van der Waals surface area contributed by atoms with Crippen molar-refractivity contribution in [1.82, 2.24) is 0 Å². The quantitative estimate of drug-likeness (QED) is 0.173. The Kier molecular flexibility index (Phi) is 8.89. The van der Waals surface area contributed by atoms with Gasteiger partial charge in [-0.15, -0.1) is 0 Å². The van der Waals surface area contributed by atoms with E-state index >= 15 is 0 Å². The molecule has 8 atom stereocenters. The normalized spacial score (nSPS) is 40.9. The summed E-state index contributed by atoms with van der Waals surface area (Å²) in [4.78, 5) is 11.8. The van der Waals surface area contributed by atoms with Crippen molar-refractivity contribution in [2.45, 2.75) is 123 Å². The number of unbranched alkanes of at least 4 members (excludes halogenated alkanes) is 1. The second-order valence-electron chi connectivity index (χ2n) is 13.5. The van der Waals surface area contributed by atoms with Crippen molar-refractivity contribution >= 4 is 5.97 Å². The summed E-state index contributed by atoms with van der Waals surface area (Å²) in [5.74, 6) is 3.08. The maximum absolute atomic E-state index is 11.8. The molecule has 4 unspecified atom stereocenters. The largest absolute Gasteiger partial charge is 0.461 e. The molecule has 4 fully saturated rings. The van der Waals surface area contributed by atoms with Crippen LogP contribution in [0.1, 0.15) is 111 Å². The molecule has 4 nitrogen and oxygen atoms in total. The summed E-state index contributed by atoms with van der Waals surface area (Å²) >= 11 is 0. The van der Waals surface area contributed by atoms with Crippen LogP contribution >= 0.6 is 0 Å². The van der Waals surface area contributed by atoms with Gasteiger partial charge in [-0.25, -0.2) is 0 Å². The van der Waals surface area contributed by atoms with Crippen molar-refractivity contribution in [1.29, 1.82) is 0 Å². The molecule has 0 N–H and O–H groups in total. The van der Waals surface area contributed by atoms with E-state index in [9.17, 15) is 4.79 Å². The van der Waals surface area contributed by atoms with E-state index in [0.717, 1.165) is 50.0 Å². The molecule has 3 saturated carbocycles. The number of carbonyl (C=O) groups is 1. The standard InChI is InChI=1S/C34H52O4/c1-5-21-36-31(35)11-7-6-10-24(2)28-15-16-29-27-14-13-25-23-26(38-32-12-8-9-22-37-32)17-19-33(25,3)30(27)18-20-34(28,29)4/h5,10,13,26-30,32H,1,6-9,11-12,14-23H2,2-4H3/t26-,27?,28+,29?,30?,32?,33-,34+/m0/s1. The monoisotopic (exact) mass is 524 g/mol. The lowest BCUT2D eigenvalue weighted by Crippen LogP contribution is -2.50. The molecule has 0 aromatic heterocycles. The Labute approximate surface area is 231 Å². The molecule has 1 saturated heterocycles. The summed E-state index contributed by atoms with van der Waals surface area (Å²) < 4.78 is 17.5. The van der Waals surface area contributed by atoms with Crippen molar-refractivity contribution in [3.63, 3.8) is 0 Å². The van der Waals surface area contributed by atoms with Crippen LogP contribution in [0.5, 0.6) is 0 Å². The molecule has 38 heavy (non-hydrogen) atoms. The Morgan fingerprint density at radius 2 is 2.00 bits per heavy atom. The number of esters is 1. The second kappa shape index (κ2) is 12.0. The Bertz CT molecular complexity index is 913. The maximum atomic E-state index is 11.8. The third kappa shape index (κ3) is 5.59. The molecule has 4 aliphatic carbocycles. The zero-order valence-electron chi connectivity index (χ0n) is 24.3. The summed E-state index contributed by atoms with van der Waals surface area (Å²) in [7, 11) is 0. The topological polar surface area (TPSA) is 44.8 Å². The number of ether oxygens (including phenoxy) is 3. The van der Waals surface area contributed by atoms with E-state index in [0.29, 0.717) is 35.9 Å². The molecule has 0 spiro atoms. The van der Waals surface area contributed by atoms with Crippen LogP contribution in [0, 0.1) is 34.5 Å². The van der Waals surface area contributed by atoms with E-state index in [1.54, 1.807) is 17.2 Å². The van der Waals surface area contributed by atoms with E-state index in [-0.39, 0.29) is 12.3 Å². The highest BCUT2D eigenvalue weighted by atomic mass is 16.7. The maximum Gasteiger partial charge on any atom is 0.306 e. The molecule has 5 rings (SSSR count). The second-order valence-corrected chi connectivity index (χ2v) is 13.5. The fourth-order valence-electron chi connectivity index (χ4n) is 9.47. The Morgan fingerprint density at radius 1 is 1.13 bits per heavy atom. The molecule has 4 heteroatoms. The van der Waals surface area contributed by atoms with Crippen LogP contribution in [0.15, 0.2) is 36.0 Å². The Hall–Kier alpha value is -1.39. The number of hydrogen-bond acceptors (Lipinski definition) is 4. The minimum Gasteiger partial charge on any atom is -0.461 e. The first kappa shape index (κ1) is 28.1. The highest BCUT2D eigenvalue weighted by Crippen LogP contribution is 2.67. The molecule has 5 aliphatic rings. The van der Waals surface area contributed by atoms with E-state index in [1.165, 1.54) is 57.8 Å². The molecule has 0 aromatic carbocycles. The lowest BCUT2D eigenvalue weighted by atomic mass is 9.47. The first-order valence-electron chi connectivity index (χ1n) is 15.7. The molecule has 0 amide bonds. The summed E-state index contributed by atoms with van der Waals surface area (Å²) in [5.41, 5.74) is 4.05. The Morgan fingerprint density at radius 3 is 2.79 bits per heavy atom. The molecule has 1 aliphatic heterocycles. The van der Waals surface area contributed by atoms with Gasteiger partial charge in [-0.05, 0) is 125 Å². The van der Waals surface area contributed by atoms with Crippen LogP contribution in [-0.2, 0) is 19.0 Å². The van der Waals surface area contributed by atoms with Crippen LogP contribution in [0.3, 0.4) is 0 Å². The van der Waals surface area contributed by atoms with Crippen LogP contribution in [-0.4, -0.2) is 31.6 Å². The molecule has 212 valence electrons. The van der Waals surface area contributed by atoms with Gasteiger partial charge in [0.05, 0.1) is 6.10 Å². The van der Waals surface area contributed by atoms with Gasteiger partial charge < -0.3 is 14.2 Å². The fourth-order valence-corrected chi connectivity index (χ4v) is 9.47. The van der Waals surface area contributed by atoms with Gasteiger partial charge in [-0.2, -0.15) is 0 Å². The van der Waals surface area contributed by atoms with Gasteiger partial charge >= 0.3 is 5.97 Å². The van der Waals surface area contributed by atoms with Crippen LogP contribution in [0.2, 0.25) is 0 Å². The van der Waals surface area contributed by atoms with Gasteiger partial charge in [-0.1, -0.05) is 49.8 Å². The highest BCUT2D eigenvalue weighted by molar-refractivity contribution is 5.69. The van der Waals surface area contributed by atoms with E-state index in [4.69, 9.17) is 14.2 Å². The zero-order chi connectivity index (χ0) is 26.8. The third-order valence-corrected chi connectivity index (χ3v) is 11.5. The first-order chi connectivity index (χ1) is 18.3. The molecule has 0 bridgehead atoms. The molecule has 0 aromatic rings. The van der Waals surface area contributed by atoms with Crippen molar-refractivity contribution in [2.75, 3.05) is 13.2 Å². The first-order valence-corrected chi connectivity index (χ1v) is 15.7. The van der Waals surface area contributed by atoms with Crippen molar-refractivity contribution in [3.8, 4) is 0 Å². The lowest BCUT2D eigenvalue weighted by molar-refractivity contribution is -0.195. The van der Waals surface area contributed by atoms with Crippen molar-refractivity contribution in [2.24, 2.45) is 34.5 Å². The number of carbonyl (C=O) groups excluding carboxylic acids is 1. The van der Waals surface area contributed by atoms with Crippen LogP contribution in [0.25, 0.3) is 0 Å². The van der Waals surface area contributed by atoms with Crippen LogP contribution < -0.4 is 0 Å². The Balaban J connectivity index is 1.20. The van der Waals surface area contributed by atoms with Gasteiger partial charge in [0.2, 0.25) is 0 Å². The summed E-state index contributed by atoms with van der Waals surface area (Å²) in [6.45, 7) is 12.4. The van der Waals surface area contributed by atoms with Gasteiger partial charge in [0.25, 0.3) is 0 Å². The summed E-state index contributed by atoms with van der Waals surface area (Å²) in [6, 6.07) is 0. The predicted molar refractivity (Wildman–Crippen MR) is 152 cm³/mol. The summed E-state index contributed by atoms with van der Waals surface area (Å²) in [6.07, 6.45) is 23.2. The SMILES string of the molecule is C=CCOC(=O)CCCC=C(C)[C@H]1CCC2C3CC=C4C[C@@H](OC5CCCCO5)CC[C@]4(C)C3CC[C@@]21C. The van der Waals surface area contributed by atoms with Crippen LogP contribution in [0.4, 0.5) is 0 Å². The van der Waals surface area contributed by atoms with Gasteiger partial charge in [0.15, 0.2) is 6.29 Å². The predicted octanol–water partition coefficient (Wildman–Crippen LogP) is 8.32. The molecule has 0 radical (unpaired) electrons. The van der Waals surface area contributed by atoms with E-state index in [1.807, 2.05) is 0 Å². The van der Waals surface area contributed by atoms with Gasteiger partial charge in [0.1, 0.15) is 6.61 Å². The van der Waals surface area contributed by atoms with Gasteiger partial charge in [-0.3, -0.25) is 4.79 Å². The number of allylic oxidation sites excluding steroid dienone is 3. The smallest absolute Gasteiger partial charge is 0.306 e. The lowest BCUT2D eigenvalue weighted by Gasteiger charge is -2.58. The number of fused-ring (bicyclic) bond motifs is 5. The third-order valence-electron chi connectivity index (χ3n) is 11.5. The minimum absolute atomic E-state index is 0.0308. The van der Waals surface area contributed by atoms with E-state index < -0.39 is 0 Å². The summed E-state index contributed by atoms with van der Waals surface area (Å²) in [5, 5.41) is 0. The number of hydrogen-bond donors (Lipinski definition) is 0. The number of rotatable bonds is 9. The van der Waals surface area contributed by atoms with Gasteiger partial charge in [0, 0.05) is 13.0 Å². The van der Waals surface area contributed by atoms with Crippen molar-refractivity contribution in [3.05, 3.63) is 36.0 Å². The van der Waals surface area contributed by atoms with Crippen molar-refractivity contribution < 1.29 is 19.0 Å². The molecular weight excluding hydrogens is 472 g/mol. The fraction of sp³-hybridized carbons (Fsp3) is 0.794. The van der Waals surface area contributed by atoms with E-state index in [2.05, 4.69) is 39.5 Å².